The lowest BCUT2D eigenvalue weighted by Gasteiger charge is -2.24. The molecule has 3 unspecified atom stereocenters. The van der Waals surface area contributed by atoms with Crippen LogP contribution in [0.1, 0.15) is 60.8 Å². The molecule has 20 nitrogen and oxygen atoms in total. The van der Waals surface area contributed by atoms with Crippen molar-refractivity contribution in [3.8, 4) is 0 Å². The minimum Gasteiger partial charge on any atom is -0.480 e. The summed E-state index contributed by atoms with van der Waals surface area (Å²) in [6.07, 6.45) is 0.414. The molecule has 65 heavy (non-hydrogen) atoms. The average Bonchev–Trinajstić information content (AvgIpc) is 3.26. The molecule has 5 amide bonds. The Morgan fingerprint density at radius 2 is 1.34 bits per heavy atom. The highest BCUT2D eigenvalue weighted by Gasteiger charge is 2.29. The molecule has 0 radical (unpaired) electrons. The van der Waals surface area contributed by atoms with Crippen molar-refractivity contribution in [3.05, 3.63) is 114 Å². The van der Waals surface area contributed by atoms with Crippen LogP contribution >= 0.6 is 0 Å². The van der Waals surface area contributed by atoms with Crippen LogP contribution < -0.4 is 43.0 Å². The molecule has 0 saturated carbocycles. The second-order valence-electron chi connectivity index (χ2n) is 16.1. The normalized spacial score (nSPS) is 12.5. The second-order valence-corrected chi connectivity index (χ2v) is 16.1. The van der Waals surface area contributed by atoms with Crippen molar-refractivity contribution in [2.75, 3.05) is 36.5 Å². The zero-order chi connectivity index (χ0) is 47.1. The Hall–Kier alpha value is -7.90. The van der Waals surface area contributed by atoms with Crippen molar-refractivity contribution in [1.29, 1.82) is 0 Å². The minimum atomic E-state index is -1.45. The zero-order valence-electron chi connectivity index (χ0n) is 36.5. The number of aromatic nitrogens is 4. The van der Waals surface area contributed by atoms with Gasteiger partial charge in [0.25, 0.3) is 5.91 Å². The Labute approximate surface area is 375 Å². The van der Waals surface area contributed by atoms with Crippen LogP contribution in [0.2, 0.25) is 0 Å². The molecule has 2 aromatic heterocycles. The third-order valence-corrected chi connectivity index (χ3v) is 9.68. The largest absolute Gasteiger partial charge is 0.480 e. The maximum atomic E-state index is 14.0. The maximum absolute atomic E-state index is 14.0. The smallest absolute Gasteiger partial charge is 0.407 e. The molecule has 0 spiro atoms. The van der Waals surface area contributed by atoms with E-state index in [0.717, 1.165) is 5.56 Å². The summed E-state index contributed by atoms with van der Waals surface area (Å²) in [5.41, 5.74) is 14.4. The first-order valence-corrected chi connectivity index (χ1v) is 20.8. The monoisotopic (exact) mass is 890 g/mol. The van der Waals surface area contributed by atoms with Gasteiger partial charge in [-0.05, 0) is 62.6 Å². The van der Waals surface area contributed by atoms with Crippen LogP contribution in [-0.2, 0) is 43.3 Å². The molecule has 5 rings (SSSR count). The lowest BCUT2D eigenvalue weighted by atomic mass is 10.0. The van der Waals surface area contributed by atoms with Crippen molar-refractivity contribution >= 4 is 64.3 Å². The van der Waals surface area contributed by atoms with Gasteiger partial charge in [0, 0.05) is 50.7 Å². The van der Waals surface area contributed by atoms with Gasteiger partial charge in [0.05, 0.1) is 18.4 Å². The molecule has 0 aliphatic heterocycles. The molecule has 342 valence electrons. The van der Waals surface area contributed by atoms with Crippen molar-refractivity contribution in [2.45, 2.75) is 76.7 Å². The van der Waals surface area contributed by atoms with E-state index in [-0.39, 0.29) is 61.7 Å². The maximum Gasteiger partial charge on any atom is 0.407 e. The van der Waals surface area contributed by atoms with Crippen LogP contribution in [-0.4, -0.2) is 105 Å². The van der Waals surface area contributed by atoms with E-state index in [1.165, 1.54) is 12.1 Å². The molecular formula is C45H54N12O8. The van der Waals surface area contributed by atoms with Gasteiger partial charge in [-0.15, -0.1) is 0 Å². The van der Waals surface area contributed by atoms with E-state index in [4.69, 9.17) is 16.2 Å². The van der Waals surface area contributed by atoms with Crippen molar-refractivity contribution < 1.29 is 38.6 Å². The van der Waals surface area contributed by atoms with Gasteiger partial charge in [0.1, 0.15) is 23.7 Å². The number of alkyl carbamates (subject to hydrolysis) is 1. The first kappa shape index (κ1) is 48.1. The minimum absolute atomic E-state index is 0.0114. The van der Waals surface area contributed by atoms with E-state index < -0.39 is 59.4 Å². The summed E-state index contributed by atoms with van der Waals surface area (Å²) in [4.78, 5) is 97.1. The lowest BCUT2D eigenvalue weighted by molar-refractivity contribution is -0.139. The molecule has 10 N–H and O–H groups in total. The van der Waals surface area contributed by atoms with Gasteiger partial charge in [-0.2, -0.15) is 9.97 Å². The second kappa shape index (κ2) is 22.5. The quantitative estimate of drug-likeness (QED) is 0.0520. The van der Waals surface area contributed by atoms with E-state index in [0.29, 0.717) is 29.0 Å². The number of amides is 5. The van der Waals surface area contributed by atoms with E-state index in [9.17, 15) is 33.9 Å². The molecular weight excluding hydrogens is 837 g/mol. The Bertz CT molecular complexity index is 2450. The topological polar surface area (TPSA) is 299 Å². The molecule has 0 saturated heterocycles. The van der Waals surface area contributed by atoms with Crippen LogP contribution in [0.3, 0.4) is 0 Å². The van der Waals surface area contributed by atoms with E-state index >= 15 is 0 Å². The Morgan fingerprint density at radius 1 is 0.738 bits per heavy atom. The molecule has 5 aromatic rings. The van der Waals surface area contributed by atoms with Crippen LogP contribution in [0.4, 0.5) is 22.2 Å². The third-order valence-electron chi connectivity index (χ3n) is 9.68. The number of nitrogens with one attached hydrogen (secondary N) is 5. The number of fused-ring (bicyclic) bond motifs is 1. The van der Waals surface area contributed by atoms with E-state index in [2.05, 4.69) is 46.5 Å². The standard InChI is InChI=1S/C45H54N12O8/c1-45(2,3)65-44(64)49-22-21-48-40(60)33(23-27-11-7-5-8-12-27)54-41(61)34(24-28-13-9-6-10-14-28)52-35(58)20-19-32(42(62)63)53-39(59)29-15-17-31(18-16-29)57(4)26-30-25-50-38-36(51-30)37(46)55-43(47)56-38/h5-18,25,32-34H,19-24,26H2,1-4H3,(H,48,60)(H,49,64)(H,52,58)(H,53,59)(H,54,61)(H,62,63)(H4,46,47,50,55,56). The van der Waals surface area contributed by atoms with Crippen LogP contribution in [0, 0.1) is 0 Å². The number of benzene rings is 3. The van der Waals surface area contributed by atoms with Crippen LogP contribution in [0.5, 0.6) is 0 Å². The Kier molecular flexibility index (Phi) is 16.6. The number of hydrogen-bond donors (Lipinski definition) is 8. The molecule has 20 heteroatoms. The summed E-state index contributed by atoms with van der Waals surface area (Å²) in [6, 6.07) is 20.7. The number of hydrogen-bond acceptors (Lipinski definition) is 14. The molecule has 0 bridgehead atoms. The molecule has 0 fully saturated rings. The first-order chi connectivity index (χ1) is 30.9. The van der Waals surface area contributed by atoms with Crippen molar-refractivity contribution in [1.82, 2.24) is 46.5 Å². The number of nitrogen functional groups attached to an aromatic ring is 2. The Balaban J connectivity index is 1.19. The van der Waals surface area contributed by atoms with Gasteiger partial charge in [-0.25, -0.2) is 19.6 Å². The number of carbonyl (C=O) groups is 6. The van der Waals surface area contributed by atoms with E-state index in [1.807, 2.05) is 11.0 Å². The molecule has 3 aromatic carbocycles. The summed E-state index contributed by atoms with van der Waals surface area (Å²) in [6.45, 7) is 5.61. The number of carbonyl (C=O) groups excluding carboxylic acids is 5. The number of carboxylic acid groups (broad SMARTS) is 1. The molecule has 0 aliphatic rings. The fourth-order valence-electron chi connectivity index (χ4n) is 6.48. The molecule has 0 aliphatic carbocycles. The SMILES string of the molecule is CN(Cc1cnc2nc(N)nc(N)c2n1)c1ccc(C(=O)NC(CCC(=O)NC(Cc2ccccc2)C(=O)NC(Cc2ccccc2)C(=O)NCCNC(=O)OC(C)(C)C)C(=O)O)cc1. The van der Waals surface area contributed by atoms with Gasteiger partial charge in [-0.3, -0.25) is 19.2 Å². The number of nitrogens with two attached hydrogens (primary N) is 2. The average molecular weight is 891 g/mol. The van der Waals surface area contributed by atoms with Crippen LogP contribution in [0.25, 0.3) is 11.2 Å². The van der Waals surface area contributed by atoms with Crippen molar-refractivity contribution in [2.24, 2.45) is 0 Å². The number of nitrogens with zero attached hydrogens (tertiary/aromatic N) is 5. The van der Waals surface area contributed by atoms with Gasteiger partial charge < -0.3 is 52.8 Å². The molecule has 2 heterocycles. The van der Waals surface area contributed by atoms with Gasteiger partial charge in [-0.1, -0.05) is 60.7 Å². The summed E-state index contributed by atoms with van der Waals surface area (Å²) in [5.74, 6) is -3.77. The highest BCUT2D eigenvalue weighted by Crippen LogP contribution is 2.19. The lowest BCUT2D eigenvalue weighted by Crippen LogP contribution is -2.55. The van der Waals surface area contributed by atoms with Crippen molar-refractivity contribution in [3.63, 3.8) is 0 Å². The number of ether oxygens (including phenoxy) is 1. The number of carboxylic acids is 1. The predicted octanol–water partition coefficient (Wildman–Crippen LogP) is 2.28. The van der Waals surface area contributed by atoms with Crippen LogP contribution in [0.15, 0.2) is 91.1 Å². The Morgan fingerprint density at radius 3 is 1.94 bits per heavy atom. The summed E-state index contributed by atoms with van der Waals surface area (Å²) in [5, 5.41) is 23.3. The summed E-state index contributed by atoms with van der Waals surface area (Å²) in [7, 11) is 1.81. The third kappa shape index (κ3) is 15.2. The summed E-state index contributed by atoms with van der Waals surface area (Å²) < 4.78 is 5.23. The van der Waals surface area contributed by atoms with Gasteiger partial charge >= 0.3 is 12.1 Å². The highest BCUT2D eigenvalue weighted by atomic mass is 16.6. The highest BCUT2D eigenvalue weighted by molar-refractivity contribution is 5.97. The number of aliphatic carboxylic acids is 1. The fourth-order valence-corrected chi connectivity index (χ4v) is 6.48. The predicted molar refractivity (Wildman–Crippen MR) is 242 cm³/mol. The van der Waals surface area contributed by atoms with Gasteiger partial charge in [0.15, 0.2) is 17.0 Å². The number of rotatable bonds is 20. The molecule has 3 atom stereocenters. The van der Waals surface area contributed by atoms with Gasteiger partial charge in [0.2, 0.25) is 23.7 Å². The zero-order valence-corrected chi connectivity index (χ0v) is 36.5. The first-order valence-electron chi connectivity index (χ1n) is 20.8. The summed E-state index contributed by atoms with van der Waals surface area (Å²) >= 11 is 0. The van der Waals surface area contributed by atoms with E-state index in [1.54, 1.807) is 101 Å². The number of anilines is 3. The fraction of sp³-hybridized carbons (Fsp3) is 0.333.